The van der Waals surface area contributed by atoms with Gasteiger partial charge < -0.3 is 9.64 Å². The fourth-order valence-electron chi connectivity index (χ4n) is 2.14. The van der Waals surface area contributed by atoms with Crippen molar-refractivity contribution < 1.29 is 4.74 Å². The Morgan fingerprint density at radius 3 is 2.89 bits per heavy atom. The third-order valence-electron chi connectivity index (χ3n) is 3.03. The van der Waals surface area contributed by atoms with Crippen LogP contribution in [0.15, 0.2) is 6.07 Å². The molecule has 0 aromatic carbocycles. The fourth-order valence-corrected chi connectivity index (χ4v) is 4.12. The summed E-state index contributed by atoms with van der Waals surface area (Å²) in [6.45, 7) is 3.19. The summed E-state index contributed by atoms with van der Waals surface area (Å²) in [7, 11) is 0. The van der Waals surface area contributed by atoms with E-state index in [0.29, 0.717) is 5.28 Å². The minimum Gasteiger partial charge on any atom is -0.378 e. The molecule has 2 aromatic rings. The first-order valence-corrected chi connectivity index (χ1v) is 8.44. The van der Waals surface area contributed by atoms with Crippen LogP contribution in [0.2, 0.25) is 5.28 Å². The van der Waals surface area contributed by atoms with Gasteiger partial charge in [-0.3, -0.25) is 0 Å². The predicted octanol–water partition coefficient (Wildman–Crippen LogP) is 3.12. The van der Waals surface area contributed by atoms with Crippen molar-refractivity contribution in [1.29, 1.82) is 0 Å². The molecule has 0 amide bonds. The molecule has 4 nitrogen and oxygen atoms in total. The molecule has 0 spiro atoms. The SMILES string of the molecule is Clc1nc(N2CCOCC2)c2sc(CCBr)cc2n1. The van der Waals surface area contributed by atoms with E-state index in [2.05, 4.69) is 36.9 Å². The van der Waals surface area contributed by atoms with E-state index < -0.39 is 0 Å². The van der Waals surface area contributed by atoms with Gasteiger partial charge in [0.25, 0.3) is 0 Å². The van der Waals surface area contributed by atoms with E-state index >= 15 is 0 Å². The minimum absolute atomic E-state index is 0.317. The van der Waals surface area contributed by atoms with Crippen molar-refractivity contribution in [3.63, 3.8) is 0 Å². The number of rotatable bonds is 3. The number of fused-ring (bicyclic) bond motifs is 1. The smallest absolute Gasteiger partial charge is 0.224 e. The normalized spacial score (nSPS) is 16.2. The number of alkyl halides is 1. The Labute approximate surface area is 128 Å². The first-order valence-electron chi connectivity index (χ1n) is 6.12. The maximum absolute atomic E-state index is 6.04. The topological polar surface area (TPSA) is 38.2 Å². The fraction of sp³-hybridized carbons (Fsp3) is 0.500. The number of anilines is 1. The molecule has 0 atom stereocenters. The molecule has 3 heterocycles. The number of nitrogens with zero attached hydrogens (tertiary/aromatic N) is 3. The molecule has 0 unspecified atom stereocenters. The van der Waals surface area contributed by atoms with Crippen molar-refractivity contribution in [1.82, 2.24) is 9.97 Å². The van der Waals surface area contributed by atoms with Crippen LogP contribution in [0.1, 0.15) is 4.88 Å². The van der Waals surface area contributed by atoms with Crippen molar-refractivity contribution in [2.24, 2.45) is 0 Å². The van der Waals surface area contributed by atoms with Crippen LogP contribution in [-0.4, -0.2) is 41.6 Å². The molecule has 1 aliphatic heterocycles. The molecular formula is C12H13BrClN3OS. The zero-order valence-electron chi connectivity index (χ0n) is 10.2. The maximum atomic E-state index is 6.04. The molecule has 0 saturated carbocycles. The lowest BCUT2D eigenvalue weighted by molar-refractivity contribution is 0.122. The highest BCUT2D eigenvalue weighted by atomic mass is 79.9. The summed E-state index contributed by atoms with van der Waals surface area (Å²) < 4.78 is 6.51. The lowest BCUT2D eigenvalue weighted by Gasteiger charge is -2.28. The summed E-state index contributed by atoms with van der Waals surface area (Å²) in [6, 6.07) is 2.11. The van der Waals surface area contributed by atoms with Gasteiger partial charge in [0.2, 0.25) is 5.28 Å². The summed E-state index contributed by atoms with van der Waals surface area (Å²) in [5.74, 6) is 0.948. The van der Waals surface area contributed by atoms with Gasteiger partial charge in [-0.15, -0.1) is 11.3 Å². The van der Waals surface area contributed by atoms with E-state index in [1.165, 1.54) is 4.88 Å². The van der Waals surface area contributed by atoms with E-state index in [0.717, 1.165) is 54.1 Å². The summed E-state index contributed by atoms with van der Waals surface area (Å²) in [5.41, 5.74) is 0.947. The Hall–Kier alpha value is -0.430. The predicted molar refractivity (Wildman–Crippen MR) is 83.0 cm³/mol. The van der Waals surface area contributed by atoms with Gasteiger partial charge in [0.15, 0.2) is 5.82 Å². The lowest BCUT2D eigenvalue weighted by atomic mass is 10.3. The van der Waals surface area contributed by atoms with Crippen LogP contribution in [0.25, 0.3) is 10.2 Å². The standard InChI is InChI=1S/C12H13BrClN3OS/c13-2-1-8-7-9-10(19-8)11(16-12(14)15-9)17-3-5-18-6-4-17/h7H,1-6H2. The molecular weight excluding hydrogens is 350 g/mol. The molecule has 7 heteroatoms. The van der Waals surface area contributed by atoms with E-state index in [-0.39, 0.29) is 0 Å². The number of morpholine rings is 1. The zero-order chi connectivity index (χ0) is 13.2. The Bertz CT molecular complexity index is 586. The van der Waals surface area contributed by atoms with Crippen molar-refractivity contribution in [2.75, 3.05) is 36.5 Å². The number of halogens is 2. The summed E-state index contributed by atoms with van der Waals surface area (Å²) in [6.07, 6.45) is 1.00. The summed E-state index contributed by atoms with van der Waals surface area (Å²) in [4.78, 5) is 12.3. The van der Waals surface area contributed by atoms with Crippen LogP contribution < -0.4 is 4.90 Å². The van der Waals surface area contributed by atoms with Crippen LogP contribution in [-0.2, 0) is 11.2 Å². The largest absolute Gasteiger partial charge is 0.378 e. The third kappa shape index (κ3) is 2.86. The number of hydrogen-bond donors (Lipinski definition) is 0. The molecule has 1 aliphatic rings. The Kier molecular flexibility index (Phi) is 4.21. The highest BCUT2D eigenvalue weighted by Crippen LogP contribution is 2.33. The van der Waals surface area contributed by atoms with Gasteiger partial charge in [-0.1, -0.05) is 15.9 Å². The van der Waals surface area contributed by atoms with Gasteiger partial charge >= 0.3 is 0 Å². The average Bonchev–Trinajstić information content (AvgIpc) is 2.81. The van der Waals surface area contributed by atoms with Crippen LogP contribution in [0.5, 0.6) is 0 Å². The highest BCUT2D eigenvalue weighted by molar-refractivity contribution is 9.09. The van der Waals surface area contributed by atoms with Gasteiger partial charge in [-0.2, -0.15) is 4.98 Å². The monoisotopic (exact) mass is 361 g/mol. The number of hydrogen-bond acceptors (Lipinski definition) is 5. The Morgan fingerprint density at radius 1 is 1.37 bits per heavy atom. The molecule has 1 saturated heterocycles. The molecule has 0 radical (unpaired) electrons. The van der Waals surface area contributed by atoms with Gasteiger partial charge in [-0.05, 0) is 24.1 Å². The van der Waals surface area contributed by atoms with Crippen molar-refractivity contribution >= 4 is 54.9 Å². The third-order valence-corrected chi connectivity index (χ3v) is 4.77. The molecule has 102 valence electrons. The first kappa shape index (κ1) is 13.5. The molecule has 19 heavy (non-hydrogen) atoms. The second-order valence-electron chi connectivity index (χ2n) is 4.28. The summed E-state index contributed by atoms with van der Waals surface area (Å²) in [5, 5.41) is 1.27. The lowest BCUT2D eigenvalue weighted by Crippen LogP contribution is -2.36. The minimum atomic E-state index is 0.317. The van der Waals surface area contributed by atoms with Gasteiger partial charge in [0.05, 0.1) is 23.4 Å². The number of aromatic nitrogens is 2. The van der Waals surface area contributed by atoms with Crippen LogP contribution in [0.4, 0.5) is 5.82 Å². The van der Waals surface area contributed by atoms with Gasteiger partial charge in [0, 0.05) is 23.3 Å². The average molecular weight is 363 g/mol. The van der Waals surface area contributed by atoms with Crippen molar-refractivity contribution in [3.8, 4) is 0 Å². The summed E-state index contributed by atoms with van der Waals surface area (Å²) >= 11 is 11.3. The molecule has 0 bridgehead atoms. The Balaban J connectivity index is 2.05. The molecule has 0 aliphatic carbocycles. The second kappa shape index (κ2) is 5.91. The quantitative estimate of drug-likeness (QED) is 0.621. The first-order chi connectivity index (χ1) is 9.28. The molecule has 3 rings (SSSR count). The molecule has 2 aromatic heterocycles. The molecule has 1 fully saturated rings. The highest BCUT2D eigenvalue weighted by Gasteiger charge is 2.18. The van der Waals surface area contributed by atoms with Gasteiger partial charge in [-0.25, -0.2) is 4.98 Å². The number of aryl methyl sites for hydroxylation is 1. The van der Waals surface area contributed by atoms with Crippen LogP contribution in [0, 0.1) is 0 Å². The zero-order valence-corrected chi connectivity index (χ0v) is 13.4. The molecule has 0 N–H and O–H groups in total. The second-order valence-corrected chi connectivity index (χ2v) is 6.55. The van der Waals surface area contributed by atoms with E-state index in [1.807, 2.05) is 0 Å². The van der Waals surface area contributed by atoms with Gasteiger partial charge in [0.1, 0.15) is 0 Å². The van der Waals surface area contributed by atoms with E-state index in [1.54, 1.807) is 11.3 Å². The van der Waals surface area contributed by atoms with E-state index in [9.17, 15) is 0 Å². The van der Waals surface area contributed by atoms with Crippen LogP contribution in [0.3, 0.4) is 0 Å². The van der Waals surface area contributed by atoms with Crippen LogP contribution >= 0.6 is 38.9 Å². The Morgan fingerprint density at radius 2 is 2.16 bits per heavy atom. The van der Waals surface area contributed by atoms with E-state index in [4.69, 9.17) is 16.3 Å². The number of thiophene rings is 1. The maximum Gasteiger partial charge on any atom is 0.224 e. The van der Waals surface area contributed by atoms with Crippen molar-refractivity contribution in [2.45, 2.75) is 6.42 Å². The number of ether oxygens (including phenoxy) is 1. The van der Waals surface area contributed by atoms with Crippen molar-refractivity contribution in [3.05, 3.63) is 16.2 Å².